The number of fused-ring (bicyclic) bond motifs is 1. The third-order valence-electron chi connectivity index (χ3n) is 7.12. The van der Waals surface area contributed by atoms with Gasteiger partial charge in [0, 0.05) is 18.7 Å². The van der Waals surface area contributed by atoms with Crippen LogP contribution in [0, 0.1) is 0 Å². The van der Waals surface area contributed by atoms with Crippen molar-refractivity contribution in [1.82, 2.24) is 20.7 Å². The number of amides is 3. The van der Waals surface area contributed by atoms with E-state index in [1.54, 1.807) is 24.3 Å². The second-order valence-electron chi connectivity index (χ2n) is 9.80. The van der Waals surface area contributed by atoms with E-state index in [9.17, 15) is 19.2 Å². The Balaban J connectivity index is 1.26. The minimum absolute atomic E-state index is 0.00860. The Bertz CT molecular complexity index is 1160. The lowest BCUT2D eigenvalue weighted by Gasteiger charge is -2.43. The zero-order valence-electron chi connectivity index (χ0n) is 21.1. The highest BCUT2D eigenvalue weighted by molar-refractivity contribution is 5.98. The maximum absolute atomic E-state index is 13.7. The normalized spacial score (nSPS) is 25.7. The number of rotatable bonds is 7. The van der Waals surface area contributed by atoms with Gasteiger partial charge in [0.25, 0.3) is 11.8 Å². The summed E-state index contributed by atoms with van der Waals surface area (Å²) >= 11 is 0. The molecule has 10 nitrogen and oxygen atoms in total. The Hall–Kier alpha value is -3.76. The van der Waals surface area contributed by atoms with Crippen LogP contribution in [-0.2, 0) is 30.5 Å². The SMILES string of the molecule is O=C1CC(NC(=O)C2CCCN3CCCC(NC(=O)c4ccccc4)C(=O)N23)C(OCc2ccccc2)O1. The molecular formula is C28H32N4O6. The molecule has 3 amide bonds. The van der Waals surface area contributed by atoms with Crippen LogP contribution in [0.3, 0.4) is 0 Å². The first kappa shape index (κ1) is 25.9. The molecule has 4 unspecified atom stereocenters. The standard InChI is InChI=1S/C28H32N4O6/c33-24-17-22(28(38-24)37-18-19-9-3-1-4-10-19)30-26(35)23-14-8-16-31-15-7-13-21(27(36)32(23)31)29-25(34)20-11-5-2-6-12-20/h1-6,9-12,21-23,28H,7-8,13-18H2,(H,29,34)(H,30,35). The van der Waals surface area contributed by atoms with Crippen molar-refractivity contribution in [3.63, 3.8) is 0 Å². The lowest BCUT2D eigenvalue weighted by molar-refractivity contribution is -0.171. The number of hydrogen-bond acceptors (Lipinski definition) is 7. The van der Waals surface area contributed by atoms with Crippen LogP contribution in [0.25, 0.3) is 0 Å². The monoisotopic (exact) mass is 520 g/mol. The molecule has 2 N–H and O–H groups in total. The molecule has 5 rings (SSSR count). The van der Waals surface area contributed by atoms with Crippen LogP contribution < -0.4 is 10.6 Å². The summed E-state index contributed by atoms with van der Waals surface area (Å²) in [5.74, 6) is -1.44. The topological polar surface area (TPSA) is 117 Å². The molecule has 0 radical (unpaired) electrons. The van der Waals surface area contributed by atoms with Crippen molar-refractivity contribution in [2.75, 3.05) is 13.1 Å². The van der Waals surface area contributed by atoms with Crippen LogP contribution in [0.4, 0.5) is 0 Å². The Morgan fingerprint density at radius 2 is 1.61 bits per heavy atom. The van der Waals surface area contributed by atoms with Crippen LogP contribution in [0.1, 0.15) is 48.0 Å². The predicted molar refractivity (Wildman–Crippen MR) is 136 cm³/mol. The summed E-state index contributed by atoms with van der Waals surface area (Å²) in [5, 5.41) is 9.19. The largest absolute Gasteiger partial charge is 0.433 e. The number of cyclic esters (lactones) is 1. The van der Waals surface area contributed by atoms with E-state index in [1.807, 2.05) is 41.4 Å². The van der Waals surface area contributed by atoms with Gasteiger partial charge in [-0.15, -0.1) is 0 Å². The Morgan fingerprint density at radius 1 is 0.921 bits per heavy atom. The predicted octanol–water partition coefficient (Wildman–Crippen LogP) is 1.76. The number of ether oxygens (including phenoxy) is 2. The summed E-state index contributed by atoms with van der Waals surface area (Å²) in [5.41, 5.74) is 1.39. The first-order valence-corrected chi connectivity index (χ1v) is 13.1. The number of benzene rings is 2. The molecule has 0 bridgehead atoms. The highest BCUT2D eigenvalue weighted by Crippen LogP contribution is 2.26. The summed E-state index contributed by atoms with van der Waals surface area (Å²) < 4.78 is 11.1. The summed E-state index contributed by atoms with van der Waals surface area (Å²) in [6, 6.07) is 16.1. The molecule has 3 aliphatic rings. The van der Waals surface area contributed by atoms with Gasteiger partial charge >= 0.3 is 5.97 Å². The Kier molecular flexibility index (Phi) is 8.00. The van der Waals surface area contributed by atoms with Gasteiger partial charge in [-0.25, -0.2) is 5.01 Å². The number of carbonyl (C=O) groups excluding carboxylic acids is 4. The quantitative estimate of drug-likeness (QED) is 0.535. The smallest absolute Gasteiger partial charge is 0.310 e. The van der Waals surface area contributed by atoms with E-state index in [1.165, 1.54) is 5.01 Å². The Morgan fingerprint density at radius 3 is 2.34 bits per heavy atom. The van der Waals surface area contributed by atoms with Crippen molar-refractivity contribution in [2.24, 2.45) is 0 Å². The zero-order valence-corrected chi connectivity index (χ0v) is 21.1. The van der Waals surface area contributed by atoms with Gasteiger partial charge in [-0.3, -0.25) is 24.2 Å². The number of nitrogens with zero attached hydrogens (tertiary/aromatic N) is 2. The third kappa shape index (κ3) is 5.87. The lowest BCUT2D eigenvalue weighted by Crippen LogP contribution is -2.63. The summed E-state index contributed by atoms with van der Waals surface area (Å²) in [4.78, 5) is 52.0. The molecule has 2 aromatic rings. The van der Waals surface area contributed by atoms with Crippen molar-refractivity contribution in [3.05, 3.63) is 71.8 Å². The lowest BCUT2D eigenvalue weighted by atomic mass is 10.0. The van der Waals surface area contributed by atoms with E-state index in [0.29, 0.717) is 37.9 Å². The van der Waals surface area contributed by atoms with Crippen molar-refractivity contribution in [2.45, 2.75) is 63.1 Å². The molecule has 200 valence electrons. The average Bonchev–Trinajstić information content (AvgIpc) is 3.21. The first-order valence-electron chi connectivity index (χ1n) is 13.1. The molecule has 3 fully saturated rings. The number of nitrogens with one attached hydrogen (secondary N) is 2. The molecule has 3 heterocycles. The van der Waals surface area contributed by atoms with Gasteiger partial charge in [0.2, 0.25) is 12.2 Å². The van der Waals surface area contributed by atoms with Gasteiger partial charge in [0.1, 0.15) is 18.1 Å². The minimum Gasteiger partial charge on any atom is -0.433 e. The van der Waals surface area contributed by atoms with Gasteiger partial charge in [-0.1, -0.05) is 48.5 Å². The molecule has 10 heteroatoms. The van der Waals surface area contributed by atoms with Crippen LogP contribution in [0.5, 0.6) is 0 Å². The van der Waals surface area contributed by atoms with Gasteiger partial charge in [-0.05, 0) is 43.4 Å². The summed E-state index contributed by atoms with van der Waals surface area (Å²) in [7, 11) is 0. The second-order valence-corrected chi connectivity index (χ2v) is 9.80. The maximum atomic E-state index is 13.7. The van der Waals surface area contributed by atoms with E-state index in [0.717, 1.165) is 12.0 Å². The molecule has 3 aliphatic heterocycles. The van der Waals surface area contributed by atoms with Crippen molar-refractivity contribution >= 4 is 23.7 Å². The van der Waals surface area contributed by atoms with Crippen LogP contribution in [0.2, 0.25) is 0 Å². The van der Waals surface area contributed by atoms with Crippen molar-refractivity contribution in [1.29, 1.82) is 0 Å². The number of hydrazine groups is 1. The van der Waals surface area contributed by atoms with Crippen LogP contribution in [0.15, 0.2) is 60.7 Å². The number of hydrogen-bond donors (Lipinski definition) is 2. The fourth-order valence-corrected chi connectivity index (χ4v) is 5.21. The summed E-state index contributed by atoms with van der Waals surface area (Å²) in [6.07, 6.45) is 1.49. The fourth-order valence-electron chi connectivity index (χ4n) is 5.21. The molecule has 0 aromatic heterocycles. The van der Waals surface area contributed by atoms with E-state index in [-0.39, 0.29) is 30.7 Å². The summed E-state index contributed by atoms with van der Waals surface area (Å²) in [6.45, 7) is 1.50. The maximum Gasteiger partial charge on any atom is 0.310 e. The fraction of sp³-hybridized carbons (Fsp3) is 0.429. The molecule has 4 atom stereocenters. The minimum atomic E-state index is -0.913. The first-order chi connectivity index (χ1) is 18.5. The Labute approximate surface area is 221 Å². The van der Waals surface area contributed by atoms with Gasteiger partial charge in [-0.2, -0.15) is 0 Å². The number of esters is 1. The molecule has 0 aliphatic carbocycles. The van der Waals surface area contributed by atoms with E-state index >= 15 is 0 Å². The van der Waals surface area contributed by atoms with Crippen molar-refractivity contribution < 1.29 is 28.7 Å². The van der Waals surface area contributed by atoms with Gasteiger partial charge < -0.3 is 20.1 Å². The third-order valence-corrected chi connectivity index (χ3v) is 7.12. The highest BCUT2D eigenvalue weighted by Gasteiger charge is 2.44. The molecule has 3 saturated heterocycles. The average molecular weight is 521 g/mol. The molecule has 38 heavy (non-hydrogen) atoms. The zero-order chi connectivity index (χ0) is 26.5. The van der Waals surface area contributed by atoms with Crippen LogP contribution >= 0.6 is 0 Å². The molecule has 0 saturated carbocycles. The highest BCUT2D eigenvalue weighted by atomic mass is 16.7. The van der Waals surface area contributed by atoms with E-state index < -0.39 is 30.4 Å². The van der Waals surface area contributed by atoms with Gasteiger partial charge in [0.05, 0.1) is 13.0 Å². The molecule has 2 aromatic carbocycles. The van der Waals surface area contributed by atoms with Crippen molar-refractivity contribution in [3.8, 4) is 0 Å². The van der Waals surface area contributed by atoms with Gasteiger partial charge in [0.15, 0.2) is 0 Å². The molecule has 0 spiro atoms. The van der Waals surface area contributed by atoms with E-state index in [2.05, 4.69) is 10.6 Å². The van der Waals surface area contributed by atoms with Crippen LogP contribution in [-0.4, -0.2) is 71.2 Å². The second kappa shape index (κ2) is 11.7. The van der Waals surface area contributed by atoms with E-state index in [4.69, 9.17) is 9.47 Å². The molecular weight excluding hydrogens is 488 g/mol. The number of carbonyl (C=O) groups is 4.